The van der Waals surface area contributed by atoms with Crippen LogP contribution in [0.4, 0.5) is 5.69 Å². The van der Waals surface area contributed by atoms with Crippen LogP contribution >= 0.6 is 15.9 Å². The summed E-state index contributed by atoms with van der Waals surface area (Å²) >= 11 is 3.39. The second kappa shape index (κ2) is 6.93. The van der Waals surface area contributed by atoms with Gasteiger partial charge in [0.15, 0.2) is 0 Å². The summed E-state index contributed by atoms with van der Waals surface area (Å²) in [6.45, 7) is 8.49. The zero-order valence-electron chi connectivity index (χ0n) is 17.6. The zero-order valence-corrected chi connectivity index (χ0v) is 19.2. The average molecular weight is 461 g/mol. The Labute approximate surface area is 180 Å². The lowest BCUT2D eigenvalue weighted by molar-refractivity contribution is -0.143. The number of halogens is 1. The SMILES string of the molecule is CC1(C)C(C(=O)N(C2CCCC2)C2CC(=O)N(c3ccc(Br)cc3)C2=O)C1(C)C. The summed E-state index contributed by atoms with van der Waals surface area (Å²) in [6, 6.07) is 6.53. The summed E-state index contributed by atoms with van der Waals surface area (Å²) in [4.78, 5) is 42.9. The van der Waals surface area contributed by atoms with Gasteiger partial charge in [-0.3, -0.25) is 14.4 Å². The zero-order chi connectivity index (χ0) is 21.1. The Morgan fingerprint density at radius 3 is 2.10 bits per heavy atom. The number of hydrogen-bond donors (Lipinski definition) is 0. The molecule has 1 aromatic carbocycles. The predicted octanol–water partition coefficient (Wildman–Crippen LogP) is 4.53. The number of amides is 3. The Hall–Kier alpha value is -1.69. The molecule has 4 rings (SSSR count). The van der Waals surface area contributed by atoms with E-state index in [2.05, 4.69) is 43.6 Å². The van der Waals surface area contributed by atoms with Gasteiger partial charge in [0, 0.05) is 16.4 Å². The second-order valence-electron chi connectivity index (χ2n) is 9.82. The molecule has 0 N–H and O–H groups in total. The fourth-order valence-electron chi connectivity index (χ4n) is 5.43. The van der Waals surface area contributed by atoms with Crippen LogP contribution in [0, 0.1) is 16.7 Å². The van der Waals surface area contributed by atoms with Gasteiger partial charge in [0.05, 0.1) is 12.1 Å². The summed E-state index contributed by atoms with van der Waals surface area (Å²) < 4.78 is 0.887. The van der Waals surface area contributed by atoms with Crippen LogP contribution in [0.15, 0.2) is 28.7 Å². The molecular weight excluding hydrogens is 432 g/mol. The molecule has 5 nitrogen and oxygen atoms in total. The van der Waals surface area contributed by atoms with Gasteiger partial charge in [-0.25, -0.2) is 4.90 Å². The summed E-state index contributed by atoms with van der Waals surface area (Å²) in [5.41, 5.74) is 0.368. The number of nitrogens with zero attached hydrogens (tertiary/aromatic N) is 2. The quantitative estimate of drug-likeness (QED) is 0.619. The maximum Gasteiger partial charge on any atom is 0.257 e. The van der Waals surface area contributed by atoms with E-state index in [1.54, 1.807) is 12.1 Å². The van der Waals surface area contributed by atoms with Crippen molar-refractivity contribution < 1.29 is 14.4 Å². The summed E-state index contributed by atoms with van der Waals surface area (Å²) in [7, 11) is 0. The van der Waals surface area contributed by atoms with E-state index in [4.69, 9.17) is 0 Å². The molecule has 1 heterocycles. The highest BCUT2D eigenvalue weighted by Gasteiger charge is 2.69. The van der Waals surface area contributed by atoms with Crippen molar-refractivity contribution in [3.63, 3.8) is 0 Å². The van der Waals surface area contributed by atoms with E-state index < -0.39 is 6.04 Å². The van der Waals surface area contributed by atoms with Crippen molar-refractivity contribution in [1.29, 1.82) is 0 Å². The van der Waals surface area contributed by atoms with Gasteiger partial charge in [-0.2, -0.15) is 0 Å². The highest BCUT2D eigenvalue weighted by Crippen LogP contribution is 2.69. The normalized spacial score (nSPS) is 26.2. The number of imide groups is 1. The first-order valence-electron chi connectivity index (χ1n) is 10.5. The molecule has 1 aliphatic heterocycles. The van der Waals surface area contributed by atoms with Gasteiger partial charge in [-0.15, -0.1) is 0 Å². The predicted molar refractivity (Wildman–Crippen MR) is 115 cm³/mol. The molecule has 6 heteroatoms. The van der Waals surface area contributed by atoms with Crippen LogP contribution in [0.3, 0.4) is 0 Å². The van der Waals surface area contributed by atoms with Gasteiger partial charge in [-0.05, 0) is 47.9 Å². The largest absolute Gasteiger partial charge is 0.327 e. The smallest absolute Gasteiger partial charge is 0.257 e. The molecule has 1 aromatic rings. The van der Waals surface area contributed by atoms with Gasteiger partial charge in [0.1, 0.15) is 6.04 Å². The first kappa shape index (κ1) is 20.6. The van der Waals surface area contributed by atoms with E-state index in [0.717, 1.165) is 30.2 Å². The number of carbonyl (C=O) groups is 3. The lowest BCUT2D eigenvalue weighted by Crippen LogP contribution is -2.51. The molecule has 3 amide bonds. The fourth-order valence-corrected chi connectivity index (χ4v) is 5.69. The molecule has 1 atom stereocenters. The maximum absolute atomic E-state index is 13.7. The molecule has 2 aliphatic carbocycles. The van der Waals surface area contributed by atoms with Crippen LogP contribution in [0.1, 0.15) is 59.8 Å². The summed E-state index contributed by atoms with van der Waals surface area (Å²) in [6.07, 6.45) is 4.03. The van der Waals surface area contributed by atoms with Crippen molar-refractivity contribution in [2.45, 2.75) is 71.9 Å². The fraction of sp³-hybridized carbons (Fsp3) is 0.609. The Balaban J connectivity index is 1.65. The first-order chi connectivity index (χ1) is 13.6. The number of benzene rings is 1. The number of hydrogen-bond acceptors (Lipinski definition) is 3. The molecule has 3 aliphatic rings. The second-order valence-corrected chi connectivity index (χ2v) is 10.7. The average Bonchev–Trinajstić information content (AvgIpc) is 3.06. The lowest BCUT2D eigenvalue weighted by Gasteiger charge is -2.34. The standard InChI is InChI=1S/C23H29BrN2O3/c1-22(2)19(23(22,3)4)21(29)25(15-7-5-6-8-15)17-13-18(27)26(20(17)28)16-11-9-14(24)10-12-16/h9-12,15,17,19H,5-8,13H2,1-4H3. The molecule has 156 valence electrons. The van der Waals surface area contributed by atoms with Crippen LogP contribution in [0.5, 0.6) is 0 Å². The first-order valence-corrected chi connectivity index (χ1v) is 11.3. The van der Waals surface area contributed by atoms with E-state index >= 15 is 0 Å². The Morgan fingerprint density at radius 1 is 1.03 bits per heavy atom. The lowest BCUT2D eigenvalue weighted by atomic mass is 10.0. The third kappa shape index (κ3) is 3.15. The maximum atomic E-state index is 13.7. The topological polar surface area (TPSA) is 57.7 Å². The van der Waals surface area contributed by atoms with E-state index in [1.807, 2.05) is 17.0 Å². The monoisotopic (exact) mass is 460 g/mol. The molecule has 1 unspecified atom stereocenters. The van der Waals surface area contributed by atoms with Crippen LogP contribution < -0.4 is 4.90 Å². The minimum atomic E-state index is -0.686. The number of rotatable bonds is 4. The van der Waals surface area contributed by atoms with Gasteiger partial charge in [0.2, 0.25) is 11.8 Å². The summed E-state index contributed by atoms with van der Waals surface area (Å²) in [5, 5.41) is 0. The molecule has 29 heavy (non-hydrogen) atoms. The van der Waals surface area contributed by atoms with Crippen molar-refractivity contribution in [2.75, 3.05) is 4.90 Å². The van der Waals surface area contributed by atoms with Crippen molar-refractivity contribution in [3.05, 3.63) is 28.7 Å². The number of anilines is 1. The van der Waals surface area contributed by atoms with E-state index in [0.29, 0.717) is 5.69 Å². The van der Waals surface area contributed by atoms with Gasteiger partial charge >= 0.3 is 0 Å². The van der Waals surface area contributed by atoms with Crippen LogP contribution in [0.2, 0.25) is 0 Å². The molecule has 0 radical (unpaired) electrons. The Kier molecular flexibility index (Phi) is 4.92. The molecule has 0 aromatic heterocycles. The van der Waals surface area contributed by atoms with Crippen molar-refractivity contribution in [2.24, 2.45) is 16.7 Å². The third-order valence-corrected chi connectivity index (χ3v) is 8.31. The molecule has 2 saturated carbocycles. The van der Waals surface area contributed by atoms with E-state index in [9.17, 15) is 14.4 Å². The van der Waals surface area contributed by atoms with Crippen molar-refractivity contribution in [3.8, 4) is 0 Å². The van der Waals surface area contributed by atoms with Crippen LogP contribution in [0.25, 0.3) is 0 Å². The Bertz CT molecular complexity index is 841. The molecule has 0 spiro atoms. The third-order valence-electron chi connectivity index (χ3n) is 7.78. The molecule has 1 saturated heterocycles. The molecule has 3 fully saturated rings. The number of carbonyl (C=O) groups excluding carboxylic acids is 3. The highest BCUT2D eigenvalue weighted by atomic mass is 79.9. The van der Waals surface area contributed by atoms with Gasteiger partial charge in [-0.1, -0.05) is 56.5 Å². The highest BCUT2D eigenvalue weighted by molar-refractivity contribution is 9.10. The van der Waals surface area contributed by atoms with Gasteiger partial charge in [0.25, 0.3) is 5.91 Å². The van der Waals surface area contributed by atoms with E-state index in [-0.39, 0.29) is 46.9 Å². The minimum Gasteiger partial charge on any atom is -0.327 e. The van der Waals surface area contributed by atoms with Crippen LogP contribution in [-0.2, 0) is 14.4 Å². The van der Waals surface area contributed by atoms with E-state index in [1.165, 1.54) is 4.90 Å². The van der Waals surface area contributed by atoms with Crippen molar-refractivity contribution >= 4 is 39.3 Å². The van der Waals surface area contributed by atoms with Crippen molar-refractivity contribution in [1.82, 2.24) is 4.90 Å². The molecule has 0 bridgehead atoms. The summed E-state index contributed by atoms with van der Waals surface area (Å²) in [5.74, 6) is -0.558. The minimum absolute atomic E-state index is 0.0516. The molecular formula is C23H29BrN2O3. The Morgan fingerprint density at radius 2 is 1.59 bits per heavy atom. The van der Waals surface area contributed by atoms with Gasteiger partial charge < -0.3 is 4.90 Å². The van der Waals surface area contributed by atoms with Crippen LogP contribution in [-0.4, -0.2) is 34.7 Å².